The first-order valence-electron chi connectivity index (χ1n) is 4.50. The Labute approximate surface area is 81.7 Å². The van der Waals surface area contributed by atoms with Gasteiger partial charge in [0, 0.05) is 0 Å². The fraction of sp³-hybridized carbons (Fsp3) is 0.273. The van der Waals surface area contributed by atoms with E-state index in [4.69, 9.17) is 0 Å². The Morgan fingerprint density at radius 2 is 1.71 bits per heavy atom. The molecule has 3 heteroatoms. The Morgan fingerprint density at radius 3 is 2.36 bits per heavy atom. The zero-order valence-electron chi connectivity index (χ0n) is 8.03. The van der Waals surface area contributed by atoms with Crippen LogP contribution in [0, 0.1) is 0 Å². The number of ether oxygens (including phenoxy) is 1. The molecule has 1 aliphatic heterocycles. The molecule has 0 atom stereocenters. The minimum Gasteiger partial charge on any atom is -0.386 e. The second kappa shape index (κ2) is 2.94. The van der Waals surface area contributed by atoms with Crippen LogP contribution in [0.15, 0.2) is 18.2 Å². The SMILES string of the molecule is CC(C)c1ccc2c(c1)C(=O)OC2=O. The Balaban J connectivity index is 2.55. The van der Waals surface area contributed by atoms with E-state index >= 15 is 0 Å². The van der Waals surface area contributed by atoms with Crippen molar-refractivity contribution in [3.05, 3.63) is 34.9 Å². The van der Waals surface area contributed by atoms with E-state index in [1.165, 1.54) is 0 Å². The highest BCUT2D eigenvalue weighted by molar-refractivity contribution is 6.14. The van der Waals surface area contributed by atoms with Gasteiger partial charge in [0.05, 0.1) is 11.1 Å². The van der Waals surface area contributed by atoms with Crippen molar-refractivity contribution >= 4 is 11.9 Å². The normalized spacial score (nSPS) is 14.5. The molecule has 0 saturated heterocycles. The van der Waals surface area contributed by atoms with Gasteiger partial charge in [-0.1, -0.05) is 19.9 Å². The highest BCUT2D eigenvalue weighted by Gasteiger charge is 2.29. The van der Waals surface area contributed by atoms with Gasteiger partial charge in [-0.15, -0.1) is 0 Å². The quantitative estimate of drug-likeness (QED) is 0.503. The average Bonchev–Trinajstić information content (AvgIpc) is 2.42. The fourth-order valence-corrected chi connectivity index (χ4v) is 1.46. The van der Waals surface area contributed by atoms with Crippen LogP contribution in [0.2, 0.25) is 0 Å². The predicted molar refractivity (Wildman–Crippen MR) is 50.3 cm³/mol. The third-order valence-corrected chi connectivity index (χ3v) is 2.34. The summed E-state index contributed by atoms with van der Waals surface area (Å²) in [7, 11) is 0. The van der Waals surface area contributed by atoms with Gasteiger partial charge in [-0.3, -0.25) is 0 Å². The number of rotatable bonds is 1. The third kappa shape index (κ3) is 1.21. The summed E-state index contributed by atoms with van der Waals surface area (Å²) in [4.78, 5) is 22.3. The van der Waals surface area contributed by atoms with Gasteiger partial charge in [0.15, 0.2) is 0 Å². The number of carbonyl (C=O) groups excluding carboxylic acids is 2. The second-order valence-corrected chi connectivity index (χ2v) is 3.64. The minimum atomic E-state index is -0.541. The molecule has 1 aromatic rings. The van der Waals surface area contributed by atoms with E-state index < -0.39 is 11.9 Å². The molecule has 3 nitrogen and oxygen atoms in total. The summed E-state index contributed by atoms with van der Waals surface area (Å²) < 4.78 is 4.49. The lowest BCUT2D eigenvalue weighted by atomic mass is 9.98. The first kappa shape index (κ1) is 8.94. The monoisotopic (exact) mass is 190 g/mol. The number of benzene rings is 1. The van der Waals surface area contributed by atoms with E-state index in [0.717, 1.165) is 5.56 Å². The number of cyclic esters (lactones) is 2. The molecule has 14 heavy (non-hydrogen) atoms. The molecule has 0 fully saturated rings. The molecule has 1 aliphatic rings. The lowest BCUT2D eigenvalue weighted by Crippen LogP contribution is -1.97. The highest BCUT2D eigenvalue weighted by atomic mass is 16.6. The minimum absolute atomic E-state index is 0.337. The maximum absolute atomic E-state index is 11.2. The average molecular weight is 190 g/mol. The van der Waals surface area contributed by atoms with Gasteiger partial charge in [-0.05, 0) is 23.6 Å². The summed E-state index contributed by atoms with van der Waals surface area (Å²) >= 11 is 0. The van der Waals surface area contributed by atoms with Crippen LogP contribution in [-0.4, -0.2) is 11.9 Å². The molecule has 0 aromatic heterocycles. The van der Waals surface area contributed by atoms with Crippen molar-refractivity contribution in [1.82, 2.24) is 0 Å². The van der Waals surface area contributed by atoms with E-state index in [1.54, 1.807) is 12.1 Å². The molecule has 1 heterocycles. The van der Waals surface area contributed by atoms with Crippen LogP contribution in [-0.2, 0) is 4.74 Å². The maximum Gasteiger partial charge on any atom is 0.346 e. The zero-order chi connectivity index (χ0) is 10.3. The van der Waals surface area contributed by atoms with Gasteiger partial charge >= 0.3 is 11.9 Å². The molecule has 0 spiro atoms. The van der Waals surface area contributed by atoms with Gasteiger partial charge in [0.25, 0.3) is 0 Å². The largest absolute Gasteiger partial charge is 0.386 e. The molecule has 1 aromatic carbocycles. The van der Waals surface area contributed by atoms with Crippen LogP contribution in [0.4, 0.5) is 0 Å². The highest BCUT2D eigenvalue weighted by Crippen LogP contribution is 2.24. The van der Waals surface area contributed by atoms with Crippen LogP contribution < -0.4 is 0 Å². The second-order valence-electron chi connectivity index (χ2n) is 3.64. The summed E-state index contributed by atoms with van der Waals surface area (Å²) in [5, 5.41) is 0. The zero-order valence-corrected chi connectivity index (χ0v) is 8.03. The van der Waals surface area contributed by atoms with Crippen LogP contribution >= 0.6 is 0 Å². The Bertz CT molecular complexity index is 419. The van der Waals surface area contributed by atoms with Crippen LogP contribution in [0.3, 0.4) is 0 Å². The lowest BCUT2D eigenvalue weighted by molar-refractivity contribution is 0.0444. The molecule has 0 bridgehead atoms. The van der Waals surface area contributed by atoms with Crippen LogP contribution in [0.5, 0.6) is 0 Å². The first-order chi connectivity index (χ1) is 6.59. The lowest BCUT2D eigenvalue weighted by Gasteiger charge is -2.04. The summed E-state index contributed by atoms with van der Waals surface area (Å²) in [6.45, 7) is 4.06. The fourth-order valence-electron chi connectivity index (χ4n) is 1.46. The number of hydrogen-bond donors (Lipinski definition) is 0. The summed E-state index contributed by atoms with van der Waals surface area (Å²) in [5.41, 5.74) is 1.80. The van der Waals surface area contributed by atoms with E-state index in [0.29, 0.717) is 17.0 Å². The van der Waals surface area contributed by atoms with Crippen molar-refractivity contribution in [2.45, 2.75) is 19.8 Å². The summed E-state index contributed by atoms with van der Waals surface area (Å²) in [6.07, 6.45) is 0. The van der Waals surface area contributed by atoms with Crippen molar-refractivity contribution in [2.75, 3.05) is 0 Å². The Kier molecular flexibility index (Phi) is 1.88. The van der Waals surface area contributed by atoms with Gasteiger partial charge in [-0.25, -0.2) is 9.59 Å². The van der Waals surface area contributed by atoms with E-state index in [9.17, 15) is 9.59 Å². The molecule has 0 N–H and O–H groups in total. The van der Waals surface area contributed by atoms with Crippen molar-refractivity contribution in [3.8, 4) is 0 Å². The molecule has 0 amide bonds. The number of fused-ring (bicyclic) bond motifs is 1. The molecule has 0 radical (unpaired) electrons. The Morgan fingerprint density at radius 1 is 1.07 bits per heavy atom. The van der Waals surface area contributed by atoms with Crippen molar-refractivity contribution in [2.24, 2.45) is 0 Å². The van der Waals surface area contributed by atoms with E-state index in [2.05, 4.69) is 4.74 Å². The molecule has 0 saturated carbocycles. The standard InChI is InChI=1S/C11H10O3/c1-6(2)7-3-4-8-9(5-7)11(13)14-10(8)12/h3-6H,1-2H3. The molecule has 72 valence electrons. The first-order valence-corrected chi connectivity index (χ1v) is 4.50. The van der Waals surface area contributed by atoms with Crippen LogP contribution in [0.1, 0.15) is 46.0 Å². The van der Waals surface area contributed by atoms with Gasteiger partial charge in [0.1, 0.15) is 0 Å². The van der Waals surface area contributed by atoms with Gasteiger partial charge in [-0.2, -0.15) is 0 Å². The molecule has 0 unspecified atom stereocenters. The van der Waals surface area contributed by atoms with Crippen LogP contribution in [0.25, 0.3) is 0 Å². The number of esters is 2. The van der Waals surface area contributed by atoms with E-state index in [1.807, 2.05) is 19.9 Å². The van der Waals surface area contributed by atoms with Crippen molar-refractivity contribution in [1.29, 1.82) is 0 Å². The molecular weight excluding hydrogens is 180 g/mol. The number of carbonyl (C=O) groups is 2. The van der Waals surface area contributed by atoms with Crippen molar-refractivity contribution < 1.29 is 14.3 Å². The number of hydrogen-bond acceptors (Lipinski definition) is 3. The topological polar surface area (TPSA) is 43.4 Å². The molecule has 0 aliphatic carbocycles. The Hall–Kier alpha value is -1.64. The maximum atomic E-state index is 11.2. The third-order valence-electron chi connectivity index (χ3n) is 2.34. The smallest absolute Gasteiger partial charge is 0.346 e. The van der Waals surface area contributed by atoms with Gasteiger partial charge in [0.2, 0.25) is 0 Å². The van der Waals surface area contributed by atoms with E-state index in [-0.39, 0.29) is 0 Å². The predicted octanol–water partition coefficient (Wildman–Crippen LogP) is 2.12. The summed E-state index contributed by atoms with van der Waals surface area (Å²) in [5.74, 6) is -0.739. The summed E-state index contributed by atoms with van der Waals surface area (Å²) in [6, 6.07) is 5.23. The molecule has 2 rings (SSSR count). The molecular formula is C11H10O3. The van der Waals surface area contributed by atoms with Crippen molar-refractivity contribution in [3.63, 3.8) is 0 Å². The van der Waals surface area contributed by atoms with Gasteiger partial charge < -0.3 is 4.74 Å².